The van der Waals surface area contributed by atoms with E-state index in [0.717, 1.165) is 6.42 Å². The van der Waals surface area contributed by atoms with Gasteiger partial charge in [0.15, 0.2) is 0 Å². The van der Waals surface area contributed by atoms with Crippen LogP contribution in [0.2, 0.25) is 0 Å². The highest BCUT2D eigenvalue weighted by Crippen LogP contribution is 2.44. The third kappa shape index (κ3) is 4.36. The number of carbonyl (C=O) groups excluding carboxylic acids is 1. The van der Waals surface area contributed by atoms with Crippen molar-refractivity contribution in [1.82, 2.24) is 10.3 Å². The van der Waals surface area contributed by atoms with Crippen molar-refractivity contribution in [2.24, 2.45) is 5.41 Å². The molecule has 1 aliphatic rings. The summed E-state index contributed by atoms with van der Waals surface area (Å²) >= 11 is 0. The Bertz CT molecular complexity index is 833. The highest BCUT2D eigenvalue weighted by atomic mass is 16.5. The number of aromatic nitrogens is 1. The van der Waals surface area contributed by atoms with Gasteiger partial charge < -0.3 is 19.9 Å². The van der Waals surface area contributed by atoms with Crippen LogP contribution in [0.3, 0.4) is 0 Å². The average molecular weight is 370 g/mol. The van der Waals surface area contributed by atoms with Gasteiger partial charge in [0.1, 0.15) is 11.5 Å². The lowest BCUT2D eigenvalue weighted by atomic mass is 9.66. The molecule has 1 heterocycles. The summed E-state index contributed by atoms with van der Waals surface area (Å²) in [5.41, 5.74) is -0.203. The molecular formula is C20H22N2O5. The van der Waals surface area contributed by atoms with Crippen molar-refractivity contribution in [1.29, 1.82) is 0 Å². The molecule has 0 aliphatic heterocycles. The van der Waals surface area contributed by atoms with Crippen LogP contribution in [0.5, 0.6) is 17.4 Å². The fraction of sp³-hybridized carbons (Fsp3) is 0.350. The zero-order valence-corrected chi connectivity index (χ0v) is 15.1. The normalized spacial score (nSPS) is 14.7. The maximum atomic E-state index is 12.2. The molecule has 0 spiro atoms. The molecule has 27 heavy (non-hydrogen) atoms. The molecule has 1 saturated carbocycles. The molecule has 1 aromatic carbocycles. The average Bonchev–Trinajstić information content (AvgIpc) is 2.64. The Balaban J connectivity index is 1.64. The second kappa shape index (κ2) is 8.07. The molecule has 0 saturated heterocycles. The van der Waals surface area contributed by atoms with Crippen molar-refractivity contribution in [3.8, 4) is 17.4 Å². The number of carboxylic acid groups (broad SMARTS) is 1. The van der Waals surface area contributed by atoms with Crippen LogP contribution in [0.1, 0.15) is 31.2 Å². The van der Waals surface area contributed by atoms with E-state index in [2.05, 4.69) is 10.3 Å². The van der Waals surface area contributed by atoms with Gasteiger partial charge in [0.25, 0.3) is 0 Å². The highest BCUT2D eigenvalue weighted by molar-refractivity contribution is 5.85. The third-order valence-corrected chi connectivity index (χ3v) is 4.84. The SMILES string of the molecule is COc1cccc(Oc2ncccc2CNC(=O)CC2(C(=O)O)CCC2)c1. The van der Waals surface area contributed by atoms with Crippen LogP contribution < -0.4 is 14.8 Å². The van der Waals surface area contributed by atoms with E-state index in [1.165, 1.54) is 0 Å². The lowest BCUT2D eigenvalue weighted by molar-refractivity contribution is -0.157. The number of ether oxygens (including phenoxy) is 2. The van der Waals surface area contributed by atoms with Gasteiger partial charge in [0.2, 0.25) is 11.8 Å². The highest BCUT2D eigenvalue weighted by Gasteiger charge is 2.45. The van der Waals surface area contributed by atoms with E-state index in [1.54, 1.807) is 37.6 Å². The number of aliphatic carboxylic acids is 1. The van der Waals surface area contributed by atoms with E-state index in [0.29, 0.717) is 35.8 Å². The zero-order chi connectivity index (χ0) is 19.3. The minimum atomic E-state index is -0.904. The number of nitrogens with one attached hydrogen (secondary N) is 1. The lowest BCUT2D eigenvalue weighted by Crippen LogP contribution is -2.42. The van der Waals surface area contributed by atoms with Crippen LogP contribution in [-0.2, 0) is 16.1 Å². The van der Waals surface area contributed by atoms with E-state index in [4.69, 9.17) is 9.47 Å². The van der Waals surface area contributed by atoms with Gasteiger partial charge >= 0.3 is 5.97 Å². The molecule has 1 fully saturated rings. The maximum absolute atomic E-state index is 12.2. The molecule has 1 aliphatic carbocycles. The third-order valence-electron chi connectivity index (χ3n) is 4.84. The first-order chi connectivity index (χ1) is 13.0. The molecule has 0 atom stereocenters. The molecule has 7 heteroatoms. The quantitative estimate of drug-likeness (QED) is 0.741. The smallest absolute Gasteiger partial charge is 0.310 e. The molecule has 0 bridgehead atoms. The molecule has 142 valence electrons. The van der Waals surface area contributed by atoms with Gasteiger partial charge in [-0.3, -0.25) is 9.59 Å². The topological polar surface area (TPSA) is 97.8 Å². The van der Waals surface area contributed by atoms with Gasteiger partial charge in [-0.25, -0.2) is 4.98 Å². The molecule has 7 nitrogen and oxygen atoms in total. The Labute approximate surface area is 157 Å². The van der Waals surface area contributed by atoms with Crippen LogP contribution in [0.4, 0.5) is 0 Å². The Morgan fingerprint density at radius 3 is 2.67 bits per heavy atom. The van der Waals surface area contributed by atoms with Crippen LogP contribution in [-0.4, -0.2) is 29.1 Å². The summed E-state index contributed by atoms with van der Waals surface area (Å²) < 4.78 is 11.0. The van der Waals surface area contributed by atoms with Crippen LogP contribution in [0.15, 0.2) is 42.6 Å². The number of carbonyl (C=O) groups is 2. The van der Waals surface area contributed by atoms with Crippen molar-refractivity contribution < 1.29 is 24.2 Å². The number of carboxylic acids is 1. The Morgan fingerprint density at radius 2 is 2.00 bits per heavy atom. The van der Waals surface area contributed by atoms with E-state index in [9.17, 15) is 14.7 Å². The van der Waals surface area contributed by atoms with Gasteiger partial charge in [0.05, 0.1) is 12.5 Å². The Morgan fingerprint density at radius 1 is 1.22 bits per heavy atom. The van der Waals surface area contributed by atoms with Crippen molar-refractivity contribution in [3.05, 3.63) is 48.2 Å². The largest absolute Gasteiger partial charge is 0.497 e. The molecule has 0 radical (unpaired) electrons. The van der Waals surface area contributed by atoms with Crippen molar-refractivity contribution >= 4 is 11.9 Å². The fourth-order valence-electron chi connectivity index (χ4n) is 3.06. The Kier molecular flexibility index (Phi) is 5.59. The van der Waals surface area contributed by atoms with Gasteiger partial charge in [-0.05, 0) is 31.0 Å². The summed E-state index contributed by atoms with van der Waals surface area (Å²) in [6.45, 7) is 0.210. The summed E-state index contributed by atoms with van der Waals surface area (Å²) in [5, 5.41) is 12.1. The molecule has 2 N–H and O–H groups in total. The number of methoxy groups -OCH3 is 1. The first-order valence-electron chi connectivity index (χ1n) is 8.78. The number of amides is 1. The number of nitrogens with zero attached hydrogens (tertiary/aromatic N) is 1. The van der Waals surface area contributed by atoms with Crippen molar-refractivity contribution in [2.45, 2.75) is 32.2 Å². The van der Waals surface area contributed by atoms with Crippen molar-refractivity contribution in [2.75, 3.05) is 7.11 Å². The molecular weight excluding hydrogens is 348 g/mol. The minimum absolute atomic E-state index is 0.00529. The van der Waals surface area contributed by atoms with Crippen LogP contribution in [0.25, 0.3) is 0 Å². The van der Waals surface area contributed by atoms with E-state index in [-0.39, 0.29) is 18.9 Å². The molecule has 2 aromatic rings. The second-order valence-corrected chi connectivity index (χ2v) is 6.64. The first-order valence-corrected chi connectivity index (χ1v) is 8.78. The van der Waals surface area contributed by atoms with Gasteiger partial charge in [-0.15, -0.1) is 0 Å². The fourth-order valence-corrected chi connectivity index (χ4v) is 3.06. The second-order valence-electron chi connectivity index (χ2n) is 6.64. The van der Waals surface area contributed by atoms with Crippen molar-refractivity contribution in [3.63, 3.8) is 0 Å². The van der Waals surface area contributed by atoms with Crippen LogP contribution >= 0.6 is 0 Å². The summed E-state index contributed by atoms with van der Waals surface area (Å²) in [7, 11) is 1.58. The number of rotatable bonds is 8. The molecule has 1 amide bonds. The van der Waals surface area contributed by atoms with E-state index in [1.807, 2.05) is 12.1 Å². The van der Waals surface area contributed by atoms with E-state index < -0.39 is 11.4 Å². The number of hydrogen-bond acceptors (Lipinski definition) is 5. The molecule has 3 rings (SSSR count). The molecule has 0 unspecified atom stereocenters. The summed E-state index contributed by atoms with van der Waals surface area (Å²) in [6.07, 6.45) is 3.55. The number of benzene rings is 1. The monoisotopic (exact) mass is 370 g/mol. The summed E-state index contributed by atoms with van der Waals surface area (Å²) in [5.74, 6) is 0.431. The zero-order valence-electron chi connectivity index (χ0n) is 15.1. The van der Waals surface area contributed by atoms with Gasteiger partial charge in [-0.1, -0.05) is 18.6 Å². The maximum Gasteiger partial charge on any atom is 0.310 e. The first kappa shape index (κ1) is 18.7. The lowest BCUT2D eigenvalue weighted by Gasteiger charge is -2.36. The van der Waals surface area contributed by atoms with E-state index >= 15 is 0 Å². The molecule has 1 aromatic heterocycles. The Hall–Kier alpha value is -3.09. The minimum Gasteiger partial charge on any atom is -0.497 e. The van der Waals surface area contributed by atoms with Gasteiger partial charge in [-0.2, -0.15) is 0 Å². The standard InChI is InChI=1S/C20H22N2O5/c1-26-15-6-2-7-16(11-15)27-18-14(5-3-10-21-18)13-22-17(23)12-20(19(24)25)8-4-9-20/h2-3,5-7,10-11H,4,8-9,12-13H2,1H3,(H,22,23)(H,24,25). The number of pyridine rings is 1. The summed E-state index contributed by atoms with van der Waals surface area (Å²) in [4.78, 5) is 27.9. The number of hydrogen-bond donors (Lipinski definition) is 2. The summed E-state index contributed by atoms with van der Waals surface area (Å²) in [6, 6.07) is 10.7. The van der Waals surface area contributed by atoms with Gasteiger partial charge in [0, 0.05) is 30.8 Å². The predicted octanol–water partition coefficient (Wildman–Crippen LogP) is 3.14. The predicted molar refractivity (Wildman–Crippen MR) is 97.7 cm³/mol. The van der Waals surface area contributed by atoms with Crippen LogP contribution in [0, 0.1) is 5.41 Å².